The maximum absolute atomic E-state index is 11.8. The van der Waals surface area contributed by atoms with Gasteiger partial charge in [0.25, 0.3) is 0 Å². The highest BCUT2D eigenvalue weighted by Gasteiger charge is 2.27. The molecular formula is C10H11F3N2O. The Morgan fingerprint density at radius 1 is 1.38 bits per heavy atom. The number of halogens is 3. The number of nitrogens with one attached hydrogen (secondary N) is 1. The van der Waals surface area contributed by atoms with Crippen molar-refractivity contribution in [3.05, 3.63) is 24.3 Å². The third kappa shape index (κ3) is 4.68. The van der Waals surface area contributed by atoms with Gasteiger partial charge in [-0.1, -0.05) is 6.07 Å². The van der Waals surface area contributed by atoms with Crippen LogP contribution in [0.4, 0.5) is 24.5 Å². The van der Waals surface area contributed by atoms with Gasteiger partial charge in [-0.15, -0.1) is 0 Å². The number of nitrogen functional groups attached to an aromatic ring is 1. The Balaban J connectivity index is 2.46. The van der Waals surface area contributed by atoms with Crippen LogP contribution in [0.5, 0.6) is 0 Å². The fourth-order valence-corrected chi connectivity index (χ4v) is 1.10. The van der Waals surface area contributed by atoms with Gasteiger partial charge in [-0.3, -0.25) is 4.79 Å². The first-order valence-electron chi connectivity index (χ1n) is 4.59. The van der Waals surface area contributed by atoms with Crippen molar-refractivity contribution in [2.45, 2.75) is 19.0 Å². The monoisotopic (exact) mass is 232 g/mol. The van der Waals surface area contributed by atoms with Crippen molar-refractivity contribution in [3.63, 3.8) is 0 Å². The summed E-state index contributed by atoms with van der Waals surface area (Å²) in [6.45, 7) is 0. The molecular weight excluding hydrogens is 221 g/mol. The molecule has 0 heterocycles. The second kappa shape index (κ2) is 4.87. The molecule has 1 aromatic rings. The third-order valence-corrected chi connectivity index (χ3v) is 1.81. The van der Waals surface area contributed by atoms with Gasteiger partial charge in [0.2, 0.25) is 5.91 Å². The molecule has 0 aromatic heterocycles. The molecule has 1 rings (SSSR count). The van der Waals surface area contributed by atoms with Crippen LogP contribution in [0.1, 0.15) is 12.8 Å². The summed E-state index contributed by atoms with van der Waals surface area (Å²) < 4.78 is 35.5. The lowest BCUT2D eigenvalue weighted by Gasteiger charge is -2.07. The Kier molecular flexibility index (Phi) is 3.76. The minimum Gasteiger partial charge on any atom is -0.399 e. The maximum Gasteiger partial charge on any atom is 0.389 e. The highest BCUT2D eigenvalue weighted by Crippen LogP contribution is 2.21. The maximum atomic E-state index is 11.8. The smallest absolute Gasteiger partial charge is 0.389 e. The molecule has 88 valence electrons. The van der Waals surface area contributed by atoms with Crippen molar-refractivity contribution in [2.24, 2.45) is 0 Å². The summed E-state index contributed by atoms with van der Waals surface area (Å²) in [6, 6.07) is 6.26. The summed E-state index contributed by atoms with van der Waals surface area (Å²) in [4.78, 5) is 11.1. The molecule has 0 atom stereocenters. The standard InChI is InChI=1S/C10H11F3N2O/c11-10(12,13)5-4-9(16)15-8-3-1-2-7(14)6-8/h1-3,6H,4-5,14H2,(H,15,16). The van der Waals surface area contributed by atoms with Crippen molar-refractivity contribution < 1.29 is 18.0 Å². The topological polar surface area (TPSA) is 55.1 Å². The van der Waals surface area contributed by atoms with Crippen LogP contribution in [0.15, 0.2) is 24.3 Å². The Hall–Kier alpha value is -1.72. The van der Waals surface area contributed by atoms with Gasteiger partial charge in [0.15, 0.2) is 0 Å². The predicted molar refractivity (Wildman–Crippen MR) is 54.8 cm³/mol. The molecule has 0 aliphatic carbocycles. The molecule has 0 radical (unpaired) electrons. The summed E-state index contributed by atoms with van der Waals surface area (Å²) in [5.41, 5.74) is 6.28. The molecule has 16 heavy (non-hydrogen) atoms. The highest BCUT2D eigenvalue weighted by atomic mass is 19.4. The van der Waals surface area contributed by atoms with Crippen LogP contribution < -0.4 is 11.1 Å². The molecule has 0 bridgehead atoms. The fourth-order valence-electron chi connectivity index (χ4n) is 1.10. The summed E-state index contributed by atoms with van der Waals surface area (Å²) in [5.74, 6) is -0.678. The van der Waals surface area contributed by atoms with Gasteiger partial charge in [0, 0.05) is 17.8 Å². The van der Waals surface area contributed by atoms with E-state index in [-0.39, 0.29) is 0 Å². The summed E-state index contributed by atoms with van der Waals surface area (Å²) >= 11 is 0. The van der Waals surface area contributed by atoms with Crippen LogP contribution in [-0.4, -0.2) is 12.1 Å². The molecule has 1 aromatic carbocycles. The van der Waals surface area contributed by atoms with Gasteiger partial charge in [0.05, 0.1) is 6.42 Å². The van der Waals surface area contributed by atoms with E-state index in [1.165, 1.54) is 6.07 Å². The lowest BCUT2D eigenvalue weighted by Crippen LogP contribution is -2.16. The number of benzene rings is 1. The van der Waals surface area contributed by atoms with E-state index < -0.39 is 24.9 Å². The quantitative estimate of drug-likeness (QED) is 0.787. The largest absolute Gasteiger partial charge is 0.399 e. The third-order valence-electron chi connectivity index (χ3n) is 1.81. The van der Waals surface area contributed by atoms with Crippen LogP contribution in [0, 0.1) is 0 Å². The fraction of sp³-hybridized carbons (Fsp3) is 0.300. The second-order valence-corrected chi connectivity index (χ2v) is 3.29. The molecule has 0 aliphatic rings. The summed E-state index contributed by atoms with van der Waals surface area (Å²) in [6.07, 6.45) is -6.02. The van der Waals surface area contributed by atoms with Crippen LogP contribution in [-0.2, 0) is 4.79 Å². The van der Waals surface area contributed by atoms with Crippen molar-refractivity contribution >= 4 is 17.3 Å². The Morgan fingerprint density at radius 2 is 2.06 bits per heavy atom. The molecule has 3 nitrogen and oxygen atoms in total. The molecule has 0 unspecified atom stereocenters. The van der Waals surface area contributed by atoms with E-state index in [2.05, 4.69) is 5.32 Å². The van der Waals surface area contributed by atoms with Crippen LogP contribution in [0.2, 0.25) is 0 Å². The number of amides is 1. The zero-order valence-electron chi connectivity index (χ0n) is 8.34. The predicted octanol–water partition coefficient (Wildman–Crippen LogP) is 2.55. The number of carbonyl (C=O) groups excluding carboxylic acids is 1. The van der Waals surface area contributed by atoms with Crippen molar-refractivity contribution in [2.75, 3.05) is 11.1 Å². The Bertz CT molecular complexity index is 377. The van der Waals surface area contributed by atoms with Crippen LogP contribution in [0.25, 0.3) is 0 Å². The molecule has 0 saturated carbocycles. The van der Waals surface area contributed by atoms with Gasteiger partial charge < -0.3 is 11.1 Å². The first-order chi connectivity index (χ1) is 7.37. The van der Waals surface area contributed by atoms with E-state index in [1.807, 2.05) is 0 Å². The second-order valence-electron chi connectivity index (χ2n) is 3.29. The van der Waals surface area contributed by atoms with Gasteiger partial charge in [0.1, 0.15) is 0 Å². The normalized spacial score (nSPS) is 11.2. The van der Waals surface area contributed by atoms with E-state index in [9.17, 15) is 18.0 Å². The molecule has 6 heteroatoms. The molecule has 0 saturated heterocycles. The average molecular weight is 232 g/mol. The van der Waals surface area contributed by atoms with E-state index in [0.717, 1.165) is 0 Å². The molecule has 0 spiro atoms. The lowest BCUT2D eigenvalue weighted by atomic mass is 10.2. The number of hydrogen-bond donors (Lipinski definition) is 2. The average Bonchev–Trinajstić information content (AvgIpc) is 2.14. The number of carbonyl (C=O) groups is 1. The van der Waals surface area contributed by atoms with Gasteiger partial charge >= 0.3 is 6.18 Å². The summed E-state index contributed by atoms with van der Waals surface area (Å²) in [7, 11) is 0. The number of hydrogen-bond acceptors (Lipinski definition) is 2. The van der Waals surface area contributed by atoms with Crippen LogP contribution >= 0.6 is 0 Å². The first kappa shape index (κ1) is 12.4. The van der Waals surface area contributed by atoms with Crippen molar-refractivity contribution in [1.29, 1.82) is 0 Å². The van der Waals surface area contributed by atoms with Crippen LogP contribution in [0.3, 0.4) is 0 Å². The van der Waals surface area contributed by atoms with E-state index in [1.54, 1.807) is 18.2 Å². The Morgan fingerprint density at radius 3 is 2.62 bits per heavy atom. The van der Waals surface area contributed by atoms with E-state index in [4.69, 9.17) is 5.73 Å². The minimum absolute atomic E-state index is 0.396. The minimum atomic E-state index is -4.31. The zero-order chi connectivity index (χ0) is 12.2. The number of nitrogens with two attached hydrogens (primary N) is 1. The van der Waals surface area contributed by atoms with Crippen molar-refractivity contribution in [1.82, 2.24) is 0 Å². The summed E-state index contributed by atoms with van der Waals surface area (Å²) in [5, 5.41) is 2.34. The lowest BCUT2D eigenvalue weighted by molar-refractivity contribution is -0.142. The number of alkyl halides is 3. The molecule has 1 amide bonds. The molecule has 3 N–H and O–H groups in total. The first-order valence-corrected chi connectivity index (χ1v) is 4.59. The Labute approximate surface area is 90.4 Å². The van der Waals surface area contributed by atoms with Gasteiger partial charge in [-0.2, -0.15) is 13.2 Å². The molecule has 0 fully saturated rings. The SMILES string of the molecule is Nc1cccc(NC(=O)CCC(F)(F)F)c1. The van der Waals surface area contributed by atoms with Gasteiger partial charge in [-0.05, 0) is 18.2 Å². The number of anilines is 2. The van der Waals surface area contributed by atoms with E-state index in [0.29, 0.717) is 11.4 Å². The van der Waals surface area contributed by atoms with E-state index >= 15 is 0 Å². The van der Waals surface area contributed by atoms with Crippen molar-refractivity contribution in [3.8, 4) is 0 Å². The van der Waals surface area contributed by atoms with Gasteiger partial charge in [-0.25, -0.2) is 0 Å². The number of rotatable bonds is 3. The molecule has 0 aliphatic heterocycles. The zero-order valence-corrected chi connectivity index (χ0v) is 8.34. The highest BCUT2D eigenvalue weighted by molar-refractivity contribution is 5.91.